The van der Waals surface area contributed by atoms with Crippen LogP contribution in [0.3, 0.4) is 0 Å². The summed E-state index contributed by atoms with van der Waals surface area (Å²) in [5.74, 6) is -0.205. The molecule has 0 aromatic carbocycles. The molecule has 0 rings (SSSR count). The van der Waals surface area contributed by atoms with Crippen molar-refractivity contribution in [3.63, 3.8) is 0 Å². The Bertz CT molecular complexity index is 270. The third-order valence-corrected chi connectivity index (χ3v) is 3.76. The van der Waals surface area contributed by atoms with E-state index in [1.54, 1.807) is 0 Å². The van der Waals surface area contributed by atoms with Gasteiger partial charge in [0.05, 0.1) is 0 Å². The molecular weight excluding hydrogens is 218 g/mol. The van der Waals surface area contributed by atoms with Crippen LogP contribution in [0, 0.1) is 5.92 Å². The molecule has 0 fully saturated rings. The first-order valence-electron chi connectivity index (χ1n) is 4.56. The zero-order valence-electron chi connectivity index (χ0n) is 8.86. The molecule has 3 unspecified atom stereocenters. The van der Waals surface area contributed by atoms with Crippen LogP contribution in [0.15, 0.2) is 0 Å². The molecule has 5 N–H and O–H groups in total. The van der Waals surface area contributed by atoms with Crippen molar-refractivity contribution in [1.82, 2.24) is 5.32 Å². The summed E-state index contributed by atoms with van der Waals surface area (Å²) >= 11 is 0. The number of carbonyl (C=O) groups excluding carboxylic acids is 2. The lowest BCUT2D eigenvalue weighted by Gasteiger charge is -2.13. The molecule has 0 aromatic rings. The quantitative estimate of drug-likeness (QED) is 0.561. The standard InChI is InChI=1S/C8H17N3O3S/c1-5(3-9)4-15(14)6(2)7(12)11-8(10)13/h5-6H,3-4,9H2,1-2H3,(H3,10,11,12,13). The number of amides is 3. The van der Waals surface area contributed by atoms with Gasteiger partial charge in [0.2, 0.25) is 5.91 Å². The third kappa shape index (κ3) is 5.48. The largest absolute Gasteiger partial charge is 0.351 e. The zero-order valence-corrected chi connectivity index (χ0v) is 9.67. The van der Waals surface area contributed by atoms with Gasteiger partial charge in [0, 0.05) is 16.6 Å². The number of carbonyl (C=O) groups is 2. The van der Waals surface area contributed by atoms with Crippen molar-refractivity contribution in [2.45, 2.75) is 19.1 Å². The highest BCUT2D eigenvalue weighted by molar-refractivity contribution is 7.86. The maximum atomic E-state index is 11.6. The van der Waals surface area contributed by atoms with E-state index >= 15 is 0 Å². The summed E-state index contributed by atoms with van der Waals surface area (Å²) < 4.78 is 11.6. The van der Waals surface area contributed by atoms with Gasteiger partial charge in [-0.15, -0.1) is 0 Å². The minimum atomic E-state index is -1.34. The topological polar surface area (TPSA) is 115 Å². The lowest BCUT2D eigenvalue weighted by molar-refractivity contribution is -0.119. The summed E-state index contributed by atoms with van der Waals surface area (Å²) in [6, 6.07) is -0.935. The fraction of sp³-hybridized carbons (Fsp3) is 0.750. The van der Waals surface area contributed by atoms with Crippen molar-refractivity contribution in [3.8, 4) is 0 Å². The average molecular weight is 235 g/mol. The molecule has 88 valence electrons. The Labute approximate surface area is 91.2 Å². The van der Waals surface area contributed by atoms with E-state index in [4.69, 9.17) is 11.5 Å². The van der Waals surface area contributed by atoms with Gasteiger partial charge in [0.15, 0.2) is 0 Å². The van der Waals surface area contributed by atoms with Crippen LogP contribution in [0.5, 0.6) is 0 Å². The van der Waals surface area contributed by atoms with Gasteiger partial charge in [0.1, 0.15) is 5.25 Å². The van der Waals surface area contributed by atoms with E-state index in [2.05, 4.69) is 0 Å². The lowest BCUT2D eigenvalue weighted by Crippen LogP contribution is -2.43. The highest BCUT2D eigenvalue weighted by Gasteiger charge is 2.22. The van der Waals surface area contributed by atoms with Crippen molar-refractivity contribution >= 4 is 22.7 Å². The Morgan fingerprint density at radius 3 is 2.33 bits per heavy atom. The van der Waals surface area contributed by atoms with Gasteiger partial charge in [-0.2, -0.15) is 0 Å². The molecule has 0 heterocycles. The van der Waals surface area contributed by atoms with Gasteiger partial charge in [-0.05, 0) is 19.4 Å². The summed E-state index contributed by atoms with van der Waals surface area (Å²) in [5, 5.41) is 1.13. The molecule has 0 bridgehead atoms. The fourth-order valence-corrected chi connectivity index (χ4v) is 2.12. The number of nitrogens with one attached hydrogen (secondary N) is 1. The predicted octanol–water partition coefficient (Wildman–Crippen LogP) is -1.09. The first kappa shape index (κ1) is 14.1. The number of hydrogen-bond acceptors (Lipinski definition) is 4. The molecule has 0 radical (unpaired) electrons. The predicted molar refractivity (Wildman–Crippen MR) is 58.4 cm³/mol. The van der Waals surface area contributed by atoms with Crippen LogP contribution in [-0.2, 0) is 15.6 Å². The monoisotopic (exact) mass is 235 g/mol. The van der Waals surface area contributed by atoms with Crippen LogP contribution < -0.4 is 16.8 Å². The molecule has 7 heteroatoms. The number of hydrogen-bond donors (Lipinski definition) is 3. The zero-order chi connectivity index (χ0) is 12.0. The van der Waals surface area contributed by atoms with E-state index in [9.17, 15) is 13.8 Å². The van der Waals surface area contributed by atoms with Crippen molar-refractivity contribution in [1.29, 1.82) is 0 Å². The highest BCUT2D eigenvalue weighted by atomic mass is 32.2. The van der Waals surface area contributed by atoms with Crippen LogP contribution in [0.4, 0.5) is 4.79 Å². The molecule has 3 atom stereocenters. The lowest BCUT2D eigenvalue weighted by atomic mass is 10.2. The molecule has 0 aliphatic heterocycles. The van der Waals surface area contributed by atoms with E-state index in [1.807, 2.05) is 12.2 Å². The molecule has 15 heavy (non-hydrogen) atoms. The van der Waals surface area contributed by atoms with Gasteiger partial charge >= 0.3 is 6.03 Å². The van der Waals surface area contributed by atoms with Crippen molar-refractivity contribution < 1.29 is 13.8 Å². The van der Waals surface area contributed by atoms with Crippen LogP contribution in [0.2, 0.25) is 0 Å². The summed E-state index contributed by atoms with van der Waals surface area (Å²) in [7, 11) is -1.34. The second-order valence-electron chi connectivity index (χ2n) is 3.38. The first-order chi connectivity index (χ1) is 6.88. The Morgan fingerprint density at radius 1 is 1.40 bits per heavy atom. The van der Waals surface area contributed by atoms with Gasteiger partial charge in [-0.3, -0.25) is 14.3 Å². The van der Waals surface area contributed by atoms with Crippen LogP contribution in [0.25, 0.3) is 0 Å². The minimum Gasteiger partial charge on any atom is -0.351 e. The number of rotatable bonds is 5. The molecule has 0 aromatic heterocycles. The highest BCUT2D eigenvalue weighted by Crippen LogP contribution is 2.02. The van der Waals surface area contributed by atoms with Crippen LogP contribution in [0.1, 0.15) is 13.8 Å². The minimum absolute atomic E-state index is 0.0784. The molecule has 0 aliphatic rings. The van der Waals surface area contributed by atoms with E-state index in [1.165, 1.54) is 6.92 Å². The summed E-state index contributed by atoms with van der Waals surface area (Å²) in [6.45, 7) is 3.74. The Hall–Kier alpha value is -0.950. The van der Waals surface area contributed by atoms with Gasteiger partial charge in [-0.1, -0.05) is 6.92 Å². The molecule has 3 amide bonds. The van der Waals surface area contributed by atoms with E-state index < -0.39 is 28.0 Å². The number of urea groups is 1. The summed E-state index contributed by atoms with van der Waals surface area (Å²) in [5.41, 5.74) is 10.1. The van der Waals surface area contributed by atoms with E-state index in [0.717, 1.165) is 0 Å². The Balaban J connectivity index is 4.19. The number of primary amides is 1. The summed E-state index contributed by atoms with van der Waals surface area (Å²) in [4.78, 5) is 21.6. The van der Waals surface area contributed by atoms with Gasteiger partial charge in [-0.25, -0.2) is 4.79 Å². The average Bonchev–Trinajstić information content (AvgIpc) is 2.15. The molecule has 0 aliphatic carbocycles. The maximum absolute atomic E-state index is 11.6. The third-order valence-electron chi connectivity index (χ3n) is 1.86. The van der Waals surface area contributed by atoms with Crippen molar-refractivity contribution in [2.24, 2.45) is 17.4 Å². The Kier molecular flexibility index (Phi) is 6.11. The number of nitrogens with two attached hydrogens (primary N) is 2. The SMILES string of the molecule is CC(CN)CS(=O)C(C)C(=O)NC(N)=O. The van der Waals surface area contributed by atoms with Gasteiger partial charge in [0.25, 0.3) is 0 Å². The first-order valence-corrected chi connectivity index (χ1v) is 5.94. The molecular formula is C8H17N3O3S. The molecule has 6 nitrogen and oxygen atoms in total. The maximum Gasteiger partial charge on any atom is 0.318 e. The van der Waals surface area contributed by atoms with Crippen LogP contribution >= 0.6 is 0 Å². The Morgan fingerprint density at radius 2 is 1.93 bits per heavy atom. The molecule has 0 saturated carbocycles. The smallest absolute Gasteiger partial charge is 0.318 e. The van der Waals surface area contributed by atoms with E-state index in [0.29, 0.717) is 12.3 Å². The van der Waals surface area contributed by atoms with Crippen molar-refractivity contribution in [2.75, 3.05) is 12.3 Å². The van der Waals surface area contributed by atoms with E-state index in [-0.39, 0.29) is 5.92 Å². The molecule has 0 spiro atoms. The van der Waals surface area contributed by atoms with Crippen molar-refractivity contribution in [3.05, 3.63) is 0 Å². The normalized spacial score (nSPS) is 16.5. The second-order valence-corrected chi connectivity index (χ2v) is 5.19. The fourth-order valence-electron chi connectivity index (χ4n) is 0.835. The summed E-state index contributed by atoms with van der Waals surface area (Å²) in [6.07, 6.45) is 0. The second kappa shape index (κ2) is 6.52. The van der Waals surface area contributed by atoms with Crippen LogP contribution in [-0.4, -0.2) is 33.7 Å². The number of imide groups is 1. The molecule has 0 saturated heterocycles. The van der Waals surface area contributed by atoms with Gasteiger partial charge < -0.3 is 11.5 Å².